The first-order valence-electron chi connectivity index (χ1n) is 15.6. The summed E-state index contributed by atoms with van der Waals surface area (Å²) in [5.41, 5.74) is 1.67. The number of carbonyl (C=O) groups is 5. The second-order valence-electron chi connectivity index (χ2n) is 11.7. The average Bonchev–Trinajstić information content (AvgIpc) is 3.04. The van der Waals surface area contributed by atoms with E-state index < -0.39 is 48.1 Å². The number of methoxy groups -OCH3 is 1. The quantitative estimate of drug-likeness (QED) is 0.107. The summed E-state index contributed by atoms with van der Waals surface area (Å²) in [4.78, 5) is 63.6. The maximum absolute atomic E-state index is 13.4. The summed E-state index contributed by atoms with van der Waals surface area (Å²) >= 11 is 0. The number of ether oxygens (including phenoxy) is 3. The van der Waals surface area contributed by atoms with Crippen LogP contribution in [0.3, 0.4) is 0 Å². The van der Waals surface area contributed by atoms with Gasteiger partial charge in [-0.1, -0.05) is 88.4 Å². The highest BCUT2D eigenvalue weighted by Gasteiger charge is 2.31. The maximum Gasteiger partial charge on any atom is 0.408 e. The van der Waals surface area contributed by atoms with Crippen LogP contribution in [-0.2, 0) is 41.8 Å². The Morgan fingerprint density at radius 3 is 1.74 bits per heavy atom. The number of esters is 1. The first-order chi connectivity index (χ1) is 22.0. The number of amides is 4. The lowest BCUT2D eigenvalue weighted by molar-refractivity contribution is -0.145. The molecule has 46 heavy (non-hydrogen) atoms. The van der Waals surface area contributed by atoms with E-state index in [2.05, 4.69) is 21.3 Å². The standard InChI is InChI=1S/C34H48N4O8/c1-23(2)20-28(37-31(40)29(24(3)4)38-34(43)46-22-26-16-10-7-11-17-26)30(39)36-27(32(41)44-5)18-12-13-19-35-33(42)45-21-25-14-8-6-9-15-25/h6-11,14-17,23-24,27-29H,12-13,18-22H2,1-5H3,(H,35,42)(H,36,39)(H,37,40)(H,38,43)/t27-,28-,29+/m0/s1. The number of hydrogen-bond acceptors (Lipinski definition) is 8. The Morgan fingerprint density at radius 2 is 1.22 bits per heavy atom. The van der Waals surface area contributed by atoms with Crippen LogP contribution >= 0.6 is 0 Å². The second kappa shape index (κ2) is 20.4. The third-order valence-electron chi connectivity index (χ3n) is 6.98. The fourth-order valence-electron chi connectivity index (χ4n) is 4.49. The van der Waals surface area contributed by atoms with Crippen molar-refractivity contribution in [3.05, 3.63) is 71.8 Å². The Labute approximate surface area is 271 Å². The summed E-state index contributed by atoms with van der Waals surface area (Å²) < 4.78 is 15.4. The van der Waals surface area contributed by atoms with Crippen LogP contribution < -0.4 is 21.3 Å². The summed E-state index contributed by atoms with van der Waals surface area (Å²) in [6.45, 7) is 7.86. The van der Waals surface area contributed by atoms with Crippen molar-refractivity contribution >= 4 is 30.0 Å². The molecule has 0 unspecified atom stereocenters. The molecule has 0 aliphatic rings. The molecule has 12 nitrogen and oxygen atoms in total. The average molecular weight is 641 g/mol. The molecule has 0 bridgehead atoms. The topological polar surface area (TPSA) is 161 Å². The van der Waals surface area contributed by atoms with Crippen molar-refractivity contribution in [3.8, 4) is 0 Å². The van der Waals surface area contributed by atoms with Gasteiger partial charge in [-0.2, -0.15) is 0 Å². The van der Waals surface area contributed by atoms with Crippen LogP contribution in [0.1, 0.15) is 64.5 Å². The summed E-state index contributed by atoms with van der Waals surface area (Å²) in [5, 5.41) is 10.7. The molecule has 12 heteroatoms. The van der Waals surface area contributed by atoms with Crippen LogP contribution in [0.2, 0.25) is 0 Å². The highest BCUT2D eigenvalue weighted by Crippen LogP contribution is 2.11. The molecule has 0 fully saturated rings. The molecule has 0 aliphatic heterocycles. The highest BCUT2D eigenvalue weighted by molar-refractivity contribution is 5.93. The van der Waals surface area contributed by atoms with E-state index in [0.717, 1.165) is 11.1 Å². The van der Waals surface area contributed by atoms with Gasteiger partial charge in [-0.3, -0.25) is 9.59 Å². The van der Waals surface area contributed by atoms with Crippen molar-refractivity contribution in [3.63, 3.8) is 0 Å². The number of nitrogens with one attached hydrogen (secondary N) is 4. The number of unbranched alkanes of at least 4 members (excludes halogenated alkanes) is 1. The summed E-state index contributed by atoms with van der Waals surface area (Å²) in [6, 6.07) is 15.6. The van der Waals surface area contributed by atoms with E-state index in [1.165, 1.54) is 7.11 Å². The Kier molecular flexibility index (Phi) is 16.7. The van der Waals surface area contributed by atoms with Gasteiger partial charge in [0.05, 0.1) is 7.11 Å². The van der Waals surface area contributed by atoms with Gasteiger partial charge < -0.3 is 35.5 Å². The predicted molar refractivity (Wildman–Crippen MR) is 172 cm³/mol. The fourth-order valence-corrected chi connectivity index (χ4v) is 4.49. The Balaban J connectivity index is 1.90. The molecule has 0 heterocycles. The summed E-state index contributed by atoms with van der Waals surface area (Å²) in [7, 11) is 1.23. The minimum Gasteiger partial charge on any atom is -0.467 e. The zero-order valence-electron chi connectivity index (χ0n) is 27.4. The van der Waals surface area contributed by atoms with Gasteiger partial charge in [0.1, 0.15) is 31.3 Å². The van der Waals surface area contributed by atoms with Crippen LogP contribution in [0.5, 0.6) is 0 Å². The van der Waals surface area contributed by atoms with Crippen LogP contribution in [0, 0.1) is 11.8 Å². The van der Waals surface area contributed by atoms with E-state index in [1.807, 2.05) is 74.5 Å². The van der Waals surface area contributed by atoms with Gasteiger partial charge in [-0.05, 0) is 48.6 Å². The molecular weight excluding hydrogens is 592 g/mol. The maximum atomic E-state index is 13.4. The van der Waals surface area contributed by atoms with Gasteiger partial charge >= 0.3 is 18.2 Å². The molecular formula is C34H48N4O8. The van der Waals surface area contributed by atoms with Crippen LogP contribution in [0.15, 0.2) is 60.7 Å². The van der Waals surface area contributed by atoms with Gasteiger partial charge in [-0.15, -0.1) is 0 Å². The zero-order valence-corrected chi connectivity index (χ0v) is 27.4. The molecule has 4 amide bonds. The van der Waals surface area contributed by atoms with E-state index >= 15 is 0 Å². The van der Waals surface area contributed by atoms with Gasteiger partial charge in [0.15, 0.2) is 0 Å². The summed E-state index contributed by atoms with van der Waals surface area (Å²) in [5.74, 6) is -2.00. The Hall–Kier alpha value is -4.61. The van der Waals surface area contributed by atoms with Gasteiger partial charge in [0.25, 0.3) is 0 Å². The largest absolute Gasteiger partial charge is 0.467 e. The molecule has 0 radical (unpaired) electrons. The van der Waals surface area contributed by atoms with Crippen LogP contribution in [-0.4, -0.2) is 61.8 Å². The molecule has 0 spiro atoms. The van der Waals surface area contributed by atoms with Crippen molar-refractivity contribution in [1.82, 2.24) is 21.3 Å². The monoisotopic (exact) mass is 640 g/mol. The van der Waals surface area contributed by atoms with E-state index in [9.17, 15) is 24.0 Å². The molecule has 2 aromatic rings. The minimum absolute atomic E-state index is 0.0293. The Morgan fingerprint density at radius 1 is 0.674 bits per heavy atom. The third-order valence-corrected chi connectivity index (χ3v) is 6.98. The lowest BCUT2D eigenvalue weighted by atomic mass is 9.99. The van der Waals surface area contributed by atoms with E-state index in [4.69, 9.17) is 14.2 Å². The van der Waals surface area contributed by atoms with Crippen molar-refractivity contribution in [1.29, 1.82) is 0 Å². The van der Waals surface area contributed by atoms with E-state index in [1.54, 1.807) is 13.8 Å². The second-order valence-corrected chi connectivity index (χ2v) is 11.7. The lowest BCUT2D eigenvalue weighted by Gasteiger charge is -2.27. The predicted octanol–water partition coefficient (Wildman–Crippen LogP) is 4.22. The number of rotatable bonds is 18. The number of alkyl carbamates (subject to hydrolysis) is 2. The van der Waals surface area contributed by atoms with Gasteiger partial charge in [0, 0.05) is 6.54 Å². The SMILES string of the molecule is COC(=O)[C@H](CCCCNC(=O)OCc1ccccc1)NC(=O)[C@H](CC(C)C)NC(=O)[C@H](NC(=O)OCc1ccccc1)C(C)C. The fraction of sp³-hybridized carbons (Fsp3) is 0.500. The molecule has 0 aliphatic carbocycles. The van der Waals surface area contributed by atoms with Gasteiger partial charge in [0.2, 0.25) is 11.8 Å². The molecule has 2 rings (SSSR count). The molecule has 252 valence electrons. The normalized spacial score (nSPS) is 12.8. The molecule has 2 aromatic carbocycles. The molecule has 3 atom stereocenters. The summed E-state index contributed by atoms with van der Waals surface area (Å²) in [6.07, 6.45) is 0.261. The molecule has 0 aromatic heterocycles. The molecule has 0 saturated carbocycles. The minimum atomic E-state index is -0.968. The van der Waals surface area contributed by atoms with Crippen LogP contribution in [0.4, 0.5) is 9.59 Å². The van der Waals surface area contributed by atoms with E-state index in [-0.39, 0.29) is 31.5 Å². The molecule has 4 N–H and O–H groups in total. The number of hydrogen-bond donors (Lipinski definition) is 4. The zero-order chi connectivity index (χ0) is 33.9. The number of carbonyl (C=O) groups excluding carboxylic acids is 5. The lowest BCUT2D eigenvalue weighted by Crippen LogP contribution is -2.57. The van der Waals surface area contributed by atoms with Crippen molar-refractivity contribution in [2.45, 2.75) is 84.7 Å². The van der Waals surface area contributed by atoms with Gasteiger partial charge in [-0.25, -0.2) is 14.4 Å². The van der Waals surface area contributed by atoms with Crippen LogP contribution in [0.25, 0.3) is 0 Å². The number of benzene rings is 2. The third kappa shape index (κ3) is 14.4. The first-order valence-corrected chi connectivity index (χ1v) is 15.6. The Bertz CT molecular complexity index is 1240. The van der Waals surface area contributed by atoms with Crippen molar-refractivity contribution in [2.75, 3.05) is 13.7 Å². The molecule has 0 saturated heterocycles. The van der Waals surface area contributed by atoms with Crippen molar-refractivity contribution in [2.24, 2.45) is 11.8 Å². The van der Waals surface area contributed by atoms with Crippen molar-refractivity contribution < 1.29 is 38.2 Å². The smallest absolute Gasteiger partial charge is 0.408 e. The van der Waals surface area contributed by atoms with E-state index in [0.29, 0.717) is 25.8 Å². The first kappa shape index (κ1) is 37.6. The highest BCUT2D eigenvalue weighted by atomic mass is 16.6.